The first-order valence-electron chi connectivity index (χ1n) is 6.18. The summed E-state index contributed by atoms with van der Waals surface area (Å²) in [6, 6.07) is 7.80. The molecule has 0 radical (unpaired) electrons. The van der Waals surface area contributed by atoms with Crippen LogP contribution in [0.25, 0.3) is 11.0 Å². The van der Waals surface area contributed by atoms with Gasteiger partial charge in [-0.25, -0.2) is 0 Å². The lowest BCUT2D eigenvalue weighted by molar-refractivity contribution is 0.0994. The van der Waals surface area contributed by atoms with Gasteiger partial charge in [0.05, 0.1) is 5.75 Å². The van der Waals surface area contributed by atoms with Crippen LogP contribution in [0, 0.1) is 12.8 Å². The fourth-order valence-corrected chi connectivity index (χ4v) is 2.72. The average Bonchev–Trinajstić information content (AvgIpc) is 2.74. The Balaban J connectivity index is 2.11. The fourth-order valence-electron chi connectivity index (χ4n) is 1.80. The summed E-state index contributed by atoms with van der Waals surface area (Å²) in [4.78, 5) is 12.0. The van der Waals surface area contributed by atoms with E-state index in [0.717, 1.165) is 22.3 Å². The second-order valence-corrected chi connectivity index (χ2v) is 5.97. The van der Waals surface area contributed by atoms with E-state index in [1.165, 1.54) is 0 Å². The quantitative estimate of drug-likeness (QED) is 0.752. The zero-order chi connectivity index (χ0) is 13.1. The normalized spacial score (nSPS) is 11.3. The zero-order valence-corrected chi connectivity index (χ0v) is 11.8. The summed E-state index contributed by atoms with van der Waals surface area (Å²) < 4.78 is 5.66. The second kappa shape index (κ2) is 5.61. The Morgan fingerprint density at radius 3 is 2.83 bits per heavy atom. The molecular weight excluding hydrogens is 244 g/mol. The van der Waals surface area contributed by atoms with E-state index in [4.69, 9.17) is 4.42 Å². The van der Waals surface area contributed by atoms with E-state index in [2.05, 4.69) is 13.8 Å². The van der Waals surface area contributed by atoms with Crippen LogP contribution in [-0.4, -0.2) is 17.3 Å². The number of hydrogen-bond acceptors (Lipinski definition) is 3. The smallest absolute Gasteiger partial charge is 0.207 e. The largest absolute Gasteiger partial charge is 0.453 e. The van der Waals surface area contributed by atoms with E-state index in [-0.39, 0.29) is 5.78 Å². The first-order valence-corrected chi connectivity index (χ1v) is 7.33. The van der Waals surface area contributed by atoms with E-state index >= 15 is 0 Å². The molecule has 0 aliphatic carbocycles. The Labute approximate surface area is 112 Å². The van der Waals surface area contributed by atoms with Gasteiger partial charge in [-0.15, -0.1) is 0 Å². The Morgan fingerprint density at radius 1 is 1.39 bits per heavy atom. The van der Waals surface area contributed by atoms with Crippen molar-refractivity contribution in [3.63, 3.8) is 0 Å². The standard InChI is InChI=1S/C15H18O2S/c1-10(2)8-18-9-13(16)14-7-12-6-4-5-11(3)15(12)17-14/h4-7,10H,8-9H2,1-3H3. The molecule has 2 nitrogen and oxygen atoms in total. The summed E-state index contributed by atoms with van der Waals surface area (Å²) >= 11 is 1.67. The lowest BCUT2D eigenvalue weighted by atomic mass is 10.2. The Kier molecular flexibility index (Phi) is 4.12. The van der Waals surface area contributed by atoms with Crippen molar-refractivity contribution >= 4 is 28.5 Å². The monoisotopic (exact) mass is 262 g/mol. The van der Waals surface area contributed by atoms with Crippen LogP contribution in [0.1, 0.15) is 30.0 Å². The third kappa shape index (κ3) is 2.96. The molecule has 0 amide bonds. The first kappa shape index (κ1) is 13.2. The molecule has 2 aromatic rings. The maximum atomic E-state index is 12.0. The number of carbonyl (C=O) groups is 1. The van der Waals surface area contributed by atoms with Crippen LogP contribution >= 0.6 is 11.8 Å². The highest BCUT2D eigenvalue weighted by molar-refractivity contribution is 7.99. The number of hydrogen-bond donors (Lipinski definition) is 0. The van der Waals surface area contributed by atoms with E-state index in [1.54, 1.807) is 11.8 Å². The number of benzene rings is 1. The Morgan fingerprint density at radius 2 is 2.17 bits per heavy atom. The molecule has 0 bridgehead atoms. The Bertz CT molecular complexity index is 555. The molecule has 1 aromatic heterocycles. The van der Waals surface area contributed by atoms with Crippen LogP contribution in [0.5, 0.6) is 0 Å². The van der Waals surface area contributed by atoms with Gasteiger partial charge in [-0.2, -0.15) is 11.8 Å². The third-order valence-corrected chi connectivity index (χ3v) is 4.07. The van der Waals surface area contributed by atoms with Crippen molar-refractivity contribution in [2.24, 2.45) is 5.92 Å². The molecule has 0 spiro atoms. The summed E-state index contributed by atoms with van der Waals surface area (Å²) in [5.74, 6) is 2.68. The van der Waals surface area contributed by atoms with Crippen molar-refractivity contribution < 1.29 is 9.21 Å². The highest BCUT2D eigenvalue weighted by Gasteiger charge is 2.13. The molecule has 0 aliphatic heterocycles. The van der Waals surface area contributed by atoms with Crippen molar-refractivity contribution in [3.8, 4) is 0 Å². The molecule has 1 aromatic carbocycles. The van der Waals surface area contributed by atoms with Crippen LogP contribution < -0.4 is 0 Å². The second-order valence-electron chi connectivity index (χ2n) is 4.94. The minimum Gasteiger partial charge on any atom is -0.453 e. The van der Waals surface area contributed by atoms with Gasteiger partial charge in [-0.1, -0.05) is 32.0 Å². The van der Waals surface area contributed by atoms with Gasteiger partial charge < -0.3 is 4.42 Å². The zero-order valence-electron chi connectivity index (χ0n) is 11.0. The van der Waals surface area contributed by atoms with Gasteiger partial charge in [-0.3, -0.25) is 4.79 Å². The number of furan rings is 1. The molecule has 0 unspecified atom stereocenters. The van der Waals surface area contributed by atoms with Gasteiger partial charge in [0.2, 0.25) is 5.78 Å². The maximum absolute atomic E-state index is 12.0. The third-order valence-electron chi connectivity index (χ3n) is 2.70. The summed E-state index contributed by atoms with van der Waals surface area (Å²) in [6.07, 6.45) is 0. The molecule has 0 aliphatic rings. The van der Waals surface area contributed by atoms with E-state index in [9.17, 15) is 4.79 Å². The molecular formula is C15H18O2S. The number of aryl methyl sites for hydroxylation is 1. The Hall–Kier alpha value is -1.22. The molecule has 2 rings (SSSR count). The van der Waals surface area contributed by atoms with Crippen LogP contribution in [-0.2, 0) is 0 Å². The van der Waals surface area contributed by atoms with E-state index in [0.29, 0.717) is 17.4 Å². The van der Waals surface area contributed by atoms with E-state index < -0.39 is 0 Å². The molecule has 96 valence electrons. The number of para-hydroxylation sites is 1. The van der Waals surface area contributed by atoms with Crippen LogP contribution in [0.15, 0.2) is 28.7 Å². The van der Waals surface area contributed by atoms with Crippen molar-refractivity contribution in [2.45, 2.75) is 20.8 Å². The lowest BCUT2D eigenvalue weighted by Crippen LogP contribution is -2.03. The van der Waals surface area contributed by atoms with Crippen molar-refractivity contribution in [3.05, 3.63) is 35.6 Å². The van der Waals surface area contributed by atoms with Gasteiger partial charge in [0.25, 0.3) is 0 Å². The first-order chi connectivity index (χ1) is 8.58. The molecule has 0 atom stereocenters. The van der Waals surface area contributed by atoms with Crippen LogP contribution in [0.4, 0.5) is 0 Å². The molecule has 3 heteroatoms. The summed E-state index contributed by atoms with van der Waals surface area (Å²) in [7, 11) is 0. The number of ketones is 1. The van der Waals surface area contributed by atoms with Gasteiger partial charge in [0, 0.05) is 5.39 Å². The molecule has 0 saturated heterocycles. The van der Waals surface area contributed by atoms with Crippen molar-refractivity contribution in [2.75, 3.05) is 11.5 Å². The lowest BCUT2D eigenvalue weighted by Gasteiger charge is -2.02. The summed E-state index contributed by atoms with van der Waals surface area (Å²) in [5, 5.41) is 1.01. The van der Waals surface area contributed by atoms with Crippen molar-refractivity contribution in [1.29, 1.82) is 0 Å². The topological polar surface area (TPSA) is 30.2 Å². The molecule has 0 saturated carbocycles. The van der Waals surface area contributed by atoms with Gasteiger partial charge in [0.1, 0.15) is 5.58 Å². The maximum Gasteiger partial charge on any atom is 0.207 e. The number of rotatable bonds is 5. The number of fused-ring (bicyclic) bond motifs is 1. The number of thioether (sulfide) groups is 1. The van der Waals surface area contributed by atoms with Crippen molar-refractivity contribution in [1.82, 2.24) is 0 Å². The number of carbonyl (C=O) groups excluding carboxylic acids is 1. The van der Waals surface area contributed by atoms with Crippen LogP contribution in [0.3, 0.4) is 0 Å². The molecule has 1 heterocycles. The summed E-state index contributed by atoms with van der Waals surface area (Å²) in [6.45, 7) is 6.30. The fraction of sp³-hybridized carbons (Fsp3) is 0.400. The highest BCUT2D eigenvalue weighted by Crippen LogP contribution is 2.23. The summed E-state index contributed by atoms with van der Waals surface area (Å²) in [5.41, 5.74) is 1.90. The molecule has 0 fully saturated rings. The minimum absolute atomic E-state index is 0.0799. The number of Topliss-reactive ketones (excluding diaryl/α,β-unsaturated/α-hetero) is 1. The highest BCUT2D eigenvalue weighted by atomic mass is 32.2. The predicted octanol–water partition coefficient (Wildman–Crippen LogP) is 4.31. The van der Waals surface area contributed by atoms with Gasteiger partial charge in [-0.05, 0) is 30.2 Å². The average molecular weight is 262 g/mol. The SMILES string of the molecule is Cc1cccc2cc(C(=O)CSCC(C)C)oc12. The van der Waals surface area contributed by atoms with E-state index in [1.807, 2.05) is 31.2 Å². The molecule has 0 N–H and O–H groups in total. The van der Waals surface area contributed by atoms with Gasteiger partial charge >= 0.3 is 0 Å². The van der Waals surface area contributed by atoms with Crippen LogP contribution in [0.2, 0.25) is 0 Å². The minimum atomic E-state index is 0.0799. The predicted molar refractivity (Wildman–Crippen MR) is 77.4 cm³/mol. The van der Waals surface area contributed by atoms with Gasteiger partial charge in [0.15, 0.2) is 5.76 Å². The molecule has 18 heavy (non-hydrogen) atoms.